The van der Waals surface area contributed by atoms with Crippen molar-refractivity contribution in [2.45, 2.75) is 6.92 Å². The van der Waals surface area contributed by atoms with E-state index in [2.05, 4.69) is 5.90 Å². The number of hydrogen-bond acceptors (Lipinski definition) is 2. The van der Waals surface area contributed by atoms with Crippen molar-refractivity contribution in [1.29, 1.82) is 0 Å². The van der Waals surface area contributed by atoms with Crippen molar-refractivity contribution in [3.8, 4) is 0 Å². The number of nitrogens with two attached hydrogens (primary N) is 1. The van der Waals surface area contributed by atoms with Crippen LogP contribution in [-0.4, -0.2) is 6.29 Å². The lowest BCUT2D eigenvalue weighted by Gasteiger charge is -1.19. The van der Waals surface area contributed by atoms with Gasteiger partial charge >= 0.3 is 0 Å². The molecular formula is C2H5NO2. The van der Waals surface area contributed by atoms with Gasteiger partial charge in [0.05, 0.1) is 0 Å². The topological polar surface area (TPSA) is 63.0 Å². The summed E-state index contributed by atoms with van der Waals surface area (Å²) in [6, 6.07) is 0. The Kier molecular flexibility index (Phi) is 122. The number of hydrogen-bond donors (Lipinski definition) is 1. The molecule has 3 nitrogen and oxygen atoms in total. The first-order valence-corrected chi connectivity index (χ1v) is 0.940. The molecule has 0 aromatic heterocycles. The summed E-state index contributed by atoms with van der Waals surface area (Å²) in [6.45, 7) is 1.32. The normalized spacial score (nSPS) is 3.80. The molecule has 5 heavy (non-hydrogen) atoms. The number of rotatable bonds is 0. The molecule has 3 heteroatoms. The van der Waals surface area contributed by atoms with E-state index in [0.29, 0.717) is 0 Å². The minimum absolute atomic E-state index is 1.32. The van der Waals surface area contributed by atoms with Crippen molar-refractivity contribution in [3.63, 3.8) is 0 Å². The lowest BCUT2D eigenvalue weighted by atomic mass is 11.0. The van der Waals surface area contributed by atoms with E-state index in [0.717, 1.165) is 0 Å². The van der Waals surface area contributed by atoms with Crippen LogP contribution in [0.4, 0.5) is 0 Å². The summed E-state index contributed by atoms with van der Waals surface area (Å²) in [5.41, 5.74) is 0. The highest BCUT2D eigenvalue weighted by Gasteiger charge is 1.29. The highest BCUT2D eigenvalue weighted by atomic mass is 16.4. The van der Waals surface area contributed by atoms with Gasteiger partial charge in [0.2, 0.25) is 0 Å². The summed E-state index contributed by atoms with van der Waals surface area (Å²) in [5, 5.41) is 7.75. The molecule has 0 aromatic rings. The second-order valence-electron chi connectivity index (χ2n) is 0.204. The molecule has 0 saturated carbocycles. The molecule has 2 N–H and O–H groups in total. The Bertz CT molecular complexity index is 15.1. The van der Waals surface area contributed by atoms with Crippen LogP contribution in [0.2, 0.25) is 0 Å². The Morgan fingerprint density at radius 3 is 1.60 bits per heavy atom. The van der Waals surface area contributed by atoms with Gasteiger partial charge in [-0.2, -0.15) is 5.90 Å². The first-order chi connectivity index (χ1) is 2.41. The van der Waals surface area contributed by atoms with E-state index in [-0.39, 0.29) is 0 Å². The van der Waals surface area contributed by atoms with Crippen LogP contribution in [0.5, 0.6) is 0 Å². The van der Waals surface area contributed by atoms with Crippen LogP contribution < -0.4 is 5.90 Å². The molecule has 0 unspecified atom stereocenters. The van der Waals surface area contributed by atoms with Crippen LogP contribution >= 0.6 is 0 Å². The summed E-state index contributed by atoms with van der Waals surface area (Å²) in [5.74, 6) is 3.25. The predicted octanol–water partition coefficient (Wildman–Crippen LogP) is -0.593. The maximum absolute atomic E-state index is 8.68. The second kappa shape index (κ2) is 69.2. The van der Waals surface area contributed by atoms with Gasteiger partial charge in [-0.25, -0.2) is 0 Å². The fourth-order valence-corrected chi connectivity index (χ4v) is 0. The highest BCUT2D eigenvalue weighted by Crippen LogP contribution is 1.13. The van der Waals surface area contributed by atoms with E-state index in [1.807, 2.05) is 0 Å². The van der Waals surface area contributed by atoms with E-state index in [9.17, 15) is 0 Å². The first-order valence-electron chi connectivity index (χ1n) is 0.940. The Hall–Kier alpha value is -0.410. The van der Waals surface area contributed by atoms with Gasteiger partial charge in [-0.05, 0) is 0 Å². The van der Waals surface area contributed by atoms with Crippen molar-refractivity contribution in [3.05, 3.63) is 0 Å². The van der Waals surface area contributed by atoms with Gasteiger partial charge in [0.1, 0.15) is 0 Å². The Balaban J connectivity index is 0. The quantitative estimate of drug-likeness (QED) is 0.391. The summed E-state index contributed by atoms with van der Waals surface area (Å²) < 4.78 is 0. The molecule has 0 amide bonds. The maximum atomic E-state index is 8.68. The van der Waals surface area contributed by atoms with Crippen molar-refractivity contribution in [1.82, 2.24) is 0 Å². The molecule has 0 aliphatic carbocycles. The lowest BCUT2D eigenvalue weighted by molar-refractivity contribution is 0.201. The van der Waals surface area contributed by atoms with Gasteiger partial charge in [0.25, 0.3) is 0 Å². The van der Waals surface area contributed by atoms with E-state index in [1.165, 1.54) is 13.2 Å². The van der Waals surface area contributed by atoms with E-state index >= 15 is 0 Å². The fourth-order valence-electron chi connectivity index (χ4n) is 0. The van der Waals surface area contributed by atoms with Gasteiger partial charge in [-0.15, -0.1) is 5.21 Å². The average Bonchev–Trinajstić information content (AvgIpc) is 1.46. The largest absolute Gasteiger partial charge is 0.291 e. The third-order valence-corrected chi connectivity index (χ3v) is 0. The minimum atomic E-state index is 1.32. The van der Waals surface area contributed by atoms with Gasteiger partial charge < -0.3 is 0 Å². The Morgan fingerprint density at radius 2 is 1.60 bits per heavy atom. The molecule has 0 bridgehead atoms. The monoisotopic (exact) mass is 75.0 g/mol. The first kappa shape index (κ1) is 8.82. The van der Waals surface area contributed by atoms with Gasteiger partial charge in [0.15, 0.2) is 6.29 Å². The Labute approximate surface area is 30.4 Å². The molecule has 0 aromatic carbocycles. The van der Waals surface area contributed by atoms with Crippen LogP contribution in [0.1, 0.15) is 6.92 Å². The zero-order valence-electron chi connectivity index (χ0n) is 2.89. The van der Waals surface area contributed by atoms with Crippen molar-refractivity contribution >= 4 is 6.29 Å². The summed E-state index contributed by atoms with van der Waals surface area (Å²) >= 11 is 0. The molecule has 0 rings (SSSR count). The maximum Gasteiger partial charge on any atom is 0.195 e. The van der Waals surface area contributed by atoms with E-state index < -0.39 is 0 Å². The molecule has 30 valence electrons. The van der Waals surface area contributed by atoms with Gasteiger partial charge in [-0.3, -0.25) is 4.79 Å². The van der Waals surface area contributed by atoms with Crippen LogP contribution in [0.15, 0.2) is 0 Å². The SMILES string of the molecule is C[C]=O.N[O]. The highest BCUT2D eigenvalue weighted by molar-refractivity contribution is 5.45. The third-order valence-electron chi connectivity index (χ3n) is 0. The molecule has 0 atom stereocenters. The third kappa shape index (κ3) is 54.0. The van der Waals surface area contributed by atoms with Crippen LogP contribution in [-0.2, 0) is 10.0 Å². The molecule has 0 aliphatic rings. The smallest absolute Gasteiger partial charge is 0.195 e. The van der Waals surface area contributed by atoms with Crippen LogP contribution in [0, 0.1) is 0 Å². The van der Waals surface area contributed by atoms with E-state index in [4.69, 9.17) is 10.0 Å². The zero-order valence-corrected chi connectivity index (χ0v) is 2.89. The average molecular weight is 75.1 g/mol. The van der Waals surface area contributed by atoms with Crippen LogP contribution in [0.3, 0.4) is 0 Å². The molecule has 0 spiro atoms. The fraction of sp³-hybridized carbons (Fsp3) is 0.500. The molecule has 0 fully saturated rings. The summed E-state index contributed by atoms with van der Waals surface area (Å²) in [6.07, 6.45) is 1.50. The summed E-state index contributed by atoms with van der Waals surface area (Å²) in [4.78, 5) is 8.68. The Morgan fingerprint density at radius 1 is 1.60 bits per heavy atom. The molecule has 0 aliphatic heterocycles. The molecule has 0 saturated heterocycles. The van der Waals surface area contributed by atoms with E-state index in [1.54, 1.807) is 0 Å². The number of carbonyl (C=O) groups excluding carboxylic acids is 1. The second-order valence-corrected chi connectivity index (χ2v) is 0.204. The molecule has 0 heterocycles. The van der Waals surface area contributed by atoms with Crippen molar-refractivity contribution in [2.24, 2.45) is 5.90 Å². The summed E-state index contributed by atoms with van der Waals surface area (Å²) in [7, 11) is 0. The van der Waals surface area contributed by atoms with Crippen molar-refractivity contribution in [2.75, 3.05) is 0 Å². The molecular weight excluding hydrogens is 70.0 g/mol. The lowest BCUT2D eigenvalue weighted by Crippen LogP contribution is -1.67. The zero-order chi connectivity index (χ0) is 4.71. The minimum Gasteiger partial charge on any atom is -0.291 e. The standard InChI is InChI=1S/C2H3O.H2NO/c1-2-3;1-2/h1H3;1H2. The van der Waals surface area contributed by atoms with Gasteiger partial charge in [-0.1, -0.05) is 0 Å². The predicted molar refractivity (Wildman–Crippen MR) is 16.2 cm³/mol. The van der Waals surface area contributed by atoms with Crippen molar-refractivity contribution < 1.29 is 10.0 Å². The van der Waals surface area contributed by atoms with Gasteiger partial charge in [0, 0.05) is 6.92 Å². The van der Waals surface area contributed by atoms with Crippen LogP contribution in [0.25, 0.3) is 0 Å². The molecule has 2 radical (unpaired) electrons.